The summed E-state index contributed by atoms with van der Waals surface area (Å²) in [5.41, 5.74) is 6.78. The molecule has 2 atom stereocenters. The zero-order valence-corrected chi connectivity index (χ0v) is 18.1. The molecule has 0 aliphatic rings. The van der Waals surface area contributed by atoms with Crippen molar-refractivity contribution in [2.24, 2.45) is 11.7 Å². The molecule has 8 nitrogen and oxygen atoms in total. The van der Waals surface area contributed by atoms with Crippen molar-refractivity contribution < 1.29 is 24.2 Å². The van der Waals surface area contributed by atoms with E-state index in [9.17, 15) is 19.5 Å². The Morgan fingerprint density at radius 2 is 1.83 bits per heavy atom. The van der Waals surface area contributed by atoms with Crippen LogP contribution < -0.4 is 11.1 Å². The van der Waals surface area contributed by atoms with Gasteiger partial charge in [0.1, 0.15) is 11.6 Å². The smallest absolute Gasteiger partial charge is 0.419 e. The first-order valence-corrected chi connectivity index (χ1v) is 10.00. The minimum atomic E-state index is -1.09. The molecule has 0 saturated heterocycles. The van der Waals surface area contributed by atoms with Crippen molar-refractivity contribution in [2.75, 3.05) is 0 Å². The fourth-order valence-electron chi connectivity index (χ4n) is 3.18. The van der Waals surface area contributed by atoms with Gasteiger partial charge in [-0.2, -0.15) is 0 Å². The monoisotopic (exact) mass is 417 g/mol. The summed E-state index contributed by atoms with van der Waals surface area (Å²) in [7, 11) is 0. The Morgan fingerprint density at radius 1 is 1.20 bits per heavy atom. The number of nitrogens with one attached hydrogen (secondary N) is 1. The second kappa shape index (κ2) is 9.30. The topological polar surface area (TPSA) is 124 Å². The van der Waals surface area contributed by atoms with E-state index >= 15 is 0 Å². The Labute approximate surface area is 176 Å². The molecule has 164 valence electrons. The van der Waals surface area contributed by atoms with Crippen LogP contribution in [-0.4, -0.2) is 45.3 Å². The van der Waals surface area contributed by atoms with Crippen molar-refractivity contribution in [1.29, 1.82) is 0 Å². The number of aliphatic carboxylic acids is 1. The zero-order chi connectivity index (χ0) is 22.6. The molecule has 2 aromatic rings. The van der Waals surface area contributed by atoms with Gasteiger partial charge in [-0.3, -0.25) is 9.36 Å². The van der Waals surface area contributed by atoms with Crippen LogP contribution in [0.4, 0.5) is 4.79 Å². The van der Waals surface area contributed by atoms with Crippen molar-refractivity contribution in [1.82, 2.24) is 9.88 Å². The minimum absolute atomic E-state index is 0.106. The van der Waals surface area contributed by atoms with Gasteiger partial charge in [0.25, 0.3) is 0 Å². The lowest BCUT2D eigenvalue weighted by Gasteiger charge is -2.20. The molecule has 1 heterocycles. The normalized spacial score (nSPS) is 13.8. The highest BCUT2D eigenvalue weighted by atomic mass is 16.6. The summed E-state index contributed by atoms with van der Waals surface area (Å²) in [6.07, 6.45) is 1.56. The van der Waals surface area contributed by atoms with Crippen molar-refractivity contribution in [3.63, 3.8) is 0 Å². The fourth-order valence-corrected chi connectivity index (χ4v) is 3.18. The Bertz CT molecular complexity index is 926. The van der Waals surface area contributed by atoms with Crippen molar-refractivity contribution >= 4 is 28.9 Å². The number of hydrogen-bond donors (Lipinski definition) is 3. The van der Waals surface area contributed by atoms with Crippen molar-refractivity contribution in [3.8, 4) is 0 Å². The van der Waals surface area contributed by atoms with Crippen LogP contribution in [-0.2, 0) is 20.7 Å². The van der Waals surface area contributed by atoms with E-state index in [1.165, 1.54) is 4.57 Å². The molecule has 30 heavy (non-hydrogen) atoms. The molecular weight excluding hydrogens is 386 g/mol. The number of rotatable bonds is 7. The first-order chi connectivity index (χ1) is 13.9. The Kier molecular flexibility index (Phi) is 7.25. The van der Waals surface area contributed by atoms with Gasteiger partial charge in [-0.05, 0) is 51.2 Å². The molecule has 0 unspecified atom stereocenters. The summed E-state index contributed by atoms with van der Waals surface area (Å²) in [5.74, 6) is -1.53. The van der Waals surface area contributed by atoms with Gasteiger partial charge < -0.3 is 20.9 Å². The highest BCUT2D eigenvalue weighted by Gasteiger charge is 2.26. The number of nitrogens with zero attached hydrogens (tertiary/aromatic N) is 1. The maximum absolute atomic E-state index is 12.6. The predicted octanol–water partition coefficient (Wildman–Crippen LogP) is 2.91. The third-order valence-corrected chi connectivity index (χ3v) is 4.48. The summed E-state index contributed by atoms with van der Waals surface area (Å²) in [5, 5.41) is 12.6. The van der Waals surface area contributed by atoms with Gasteiger partial charge in [0, 0.05) is 11.6 Å². The number of ether oxygens (including phenoxy) is 1. The molecule has 1 aromatic carbocycles. The highest BCUT2D eigenvalue weighted by molar-refractivity contribution is 5.93. The third kappa shape index (κ3) is 6.06. The Hall–Kier alpha value is -2.87. The van der Waals surface area contributed by atoms with Crippen LogP contribution in [0, 0.1) is 5.92 Å². The fraction of sp³-hybridized carbons (Fsp3) is 0.500. The van der Waals surface area contributed by atoms with E-state index in [1.807, 2.05) is 32.0 Å². The quantitative estimate of drug-likeness (QED) is 0.636. The predicted molar refractivity (Wildman–Crippen MR) is 114 cm³/mol. The van der Waals surface area contributed by atoms with Crippen LogP contribution in [0.25, 0.3) is 10.9 Å². The maximum atomic E-state index is 12.6. The molecule has 1 amide bonds. The SMILES string of the molecule is CC(C)C[C@H](NC(=O)[C@@H](N)Cc1cn(C(=O)OC(C)(C)C)c2ccccc12)C(=O)O. The molecule has 1 aromatic heterocycles. The van der Waals surface area contributed by atoms with Crippen molar-refractivity contribution in [2.45, 2.75) is 65.1 Å². The van der Waals surface area contributed by atoms with Gasteiger partial charge >= 0.3 is 12.1 Å². The van der Waals surface area contributed by atoms with Crippen LogP contribution in [0.3, 0.4) is 0 Å². The Balaban J connectivity index is 2.23. The molecule has 4 N–H and O–H groups in total. The molecule has 0 spiro atoms. The average molecular weight is 418 g/mol. The van der Waals surface area contributed by atoms with Gasteiger partial charge in [0.2, 0.25) is 5.91 Å². The van der Waals surface area contributed by atoms with Gasteiger partial charge in [0.15, 0.2) is 0 Å². The van der Waals surface area contributed by atoms with Crippen LogP contribution in [0.1, 0.15) is 46.6 Å². The first kappa shape index (κ1) is 23.4. The molecule has 0 bridgehead atoms. The van der Waals surface area contributed by atoms with Gasteiger partial charge in [-0.15, -0.1) is 0 Å². The zero-order valence-electron chi connectivity index (χ0n) is 18.1. The lowest BCUT2D eigenvalue weighted by molar-refractivity contribution is -0.142. The lowest BCUT2D eigenvalue weighted by Crippen LogP contribution is -2.49. The number of carbonyl (C=O) groups excluding carboxylic acids is 2. The molecule has 0 aliphatic heterocycles. The van der Waals surface area contributed by atoms with E-state index in [4.69, 9.17) is 10.5 Å². The number of fused-ring (bicyclic) bond motifs is 1. The molecule has 0 saturated carbocycles. The number of benzene rings is 1. The minimum Gasteiger partial charge on any atom is -0.480 e. The van der Waals surface area contributed by atoms with E-state index in [0.29, 0.717) is 17.5 Å². The molecule has 0 radical (unpaired) electrons. The number of aromatic nitrogens is 1. The van der Waals surface area contributed by atoms with Crippen LogP contribution in [0.15, 0.2) is 30.5 Å². The van der Waals surface area contributed by atoms with E-state index < -0.39 is 35.7 Å². The van der Waals surface area contributed by atoms with Gasteiger partial charge in [-0.25, -0.2) is 9.59 Å². The van der Waals surface area contributed by atoms with E-state index in [2.05, 4.69) is 5.32 Å². The maximum Gasteiger partial charge on any atom is 0.419 e. The summed E-state index contributed by atoms with van der Waals surface area (Å²) >= 11 is 0. The van der Waals surface area contributed by atoms with Crippen molar-refractivity contribution in [3.05, 3.63) is 36.0 Å². The molecule has 2 rings (SSSR count). The molecule has 0 aliphatic carbocycles. The standard InChI is InChI=1S/C22H31N3O5/c1-13(2)10-17(20(27)28)24-19(26)16(23)11-14-12-25(21(29)30-22(3,4)5)18-9-7-6-8-15(14)18/h6-9,12-13,16-17H,10-11,23H2,1-5H3,(H,24,26)(H,27,28)/t16-,17-/m0/s1. The van der Waals surface area contributed by atoms with E-state index in [0.717, 1.165) is 5.39 Å². The Morgan fingerprint density at radius 3 is 2.40 bits per heavy atom. The molecular formula is C22H31N3O5. The van der Waals surface area contributed by atoms with Crippen LogP contribution >= 0.6 is 0 Å². The van der Waals surface area contributed by atoms with Crippen LogP contribution in [0.2, 0.25) is 0 Å². The molecule has 0 fully saturated rings. The summed E-state index contributed by atoms with van der Waals surface area (Å²) < 4.78 is 6.86. The summed E-state index contributed by atoms with van der Waals surface area (Å²) in [4.78, 5) is 36.5. The largest absolute Gasteiger partial charge is 0.480 e. The number of carbonyl (C=O) groups is 3. The third-order valence-electron chi connectivity index (χ3n) is 4.48. The van der Waals surface area contributed by atoms with Gasteiger partial charge in [-0.1, -0.05) is 32.0 Å². The number of carboxylic acid groups (broad SMARTS) is 1. The number of para-hydroxylation sites is 1. The number of hydrogen-bond acceptors (Lipinski definition) is 5. The second-order valence-corrected chi connectivity index (χ2v) is 8.86. The summed E-state index contributed by atoms with van der Waals surface area (Å²) in [6, 6.07) is 5.32. The number of nitrogens with two attached hydrogens (primary N) is 1. The first-order valence-electron chi connectivity index (χ1n) is 10.00. The second-order valence-electron chi connectivity index (χ2n) is 8.86. The van der Waals surface area contributed by atoms with E-state index in [1.54, 1.807) is 33.0 Å². The van der Waals surface area contributed by atoms with Gasteiger partial charge in [0.05, 0.1) is 11.6 Å². The van der Waals surface area contributed by atoms with E-state index in [-0.39, 0.29) is 12.3 Å². The number of amides is 1. The highest BCUT2D eigenvalue weighted by Crippen LogP contribution is 2.24. The average Bonchev–Trinajstić information content (AvgIpc) is 2.98. The van der Waals surface area contributed by atoms with Crippen LogP contribution in [0.5, 0.6) is 0 Å². The lowest BCUT2D eigenvalue weighted by atomic mass is 10.0. The number of carboxylic acids is 1. The summed E-state index contributed by atoms with van der Waals surface area (Å²) in [6.45, 7) is 9.12. The molecule has 8 heteroatoms.